The van der Waals surface area contributed by atoms with Crippen LogP contribution in [0.2, 0.25) is 0 Å². The van der Waals surface area contributed by atoms with Crippen molar-refractivity contribution in [2.75, 3.05) is 0 Å². The summed E-state index contributed by atoms with van der Waals surface area (Å²) in [5, 5.41) is 0. The average Bonchev–Trinajstić information content (AvgIpc) is 2.36. The van der Waals surface area contributed by atoms with Crippen molar-refractivity contribution in [1.29, 1.82) is 0 Å². The van der Waals surface area contributed by atoms with E-state index in [1.54, 1.807) is 0 Å². The normalized spacial score (nSPS) is 42.5. The standard InChI is InChI=1S/C11H16O/c1-4-5-7-6-8-9(10(7)12)11(8,2)3/h4,7-9H,1,5-6H2,2-3H3/t7-,8+,9+/m0/s1. The maximum Gasteiger partial charge on any atom is 0.140 e. The van der Waals surface area contributed by atoms with Crippen LogP contribution in [0.5, 0.6) is 0 Å². The first-order chi connectivity index (χ1) is 5.59. The molecule has 0 N–H and O–H groups in total. The molecule has 0 saturated heterocycles. The molecular weight excluding hydrogens is 148 g/mol. The zero-order chi connectivity index (χ0) is 8.93. The topological polar surface area (TPSA) is 17.1 Å². The summed E-state index contributed by atoms with van der Waals surface area (Å²) in [6.07, 6.45) is 3.88. The van der Waals surface area contributed by atoms with Gasteiger partial charge in [0.2, 0.25) is 0 Å². The highest BCUT2D eigenvalue weighted by atomic mass is 16.1. The van der Waals surface area contributed by atoms with Crippen molar-refractivity contribution < 1.29 is 4.79 Å². The lowest BCUT2D eigenvalue weighted by Crippen LogP contribution is -2.16. The lowest BCUT2D eigenvalue weighted by molar-refractivity contribution is -0.123. The largest absolute Gasteiger partial charge is 0.299 e. The van der Waals surface area contributed by atoms with Crippen LogP contribution in [-0.4, -0.2) is 5.78 Å². The molecule has 1 nitrogen and oxygen atoms in total. The summed E-state index contributed by atoms with van der Waals surface area (Å²) in [5.41, 5.74) is 0.328. The minimum absolute atomic E-state index is 0.311. The maximum absolute atomic E-state index is 11.7. The summed E-state index contributed by atoms with van der Waals surface area (Å²) in [6.45, 7) is 8.11. The van der Waals surface area contributed by atoms with Crippen molar-refractivity contribution >= 4 is 5.78 Å². The average molecular weight is 164 g/mol. The van der Waals surface area contributed by atoms with Gasteiger partial charge in [-0.05, 0) is 24.2 Å². The Kier molecular flexibility index (Phi) is 1.48. The fraction of sp³-hybridized carbons (Fsp3) is 0.727. The third-order valence-electron chi connectivity index (χ3n) is 3.75. The summed E-state index contributed by atoms with van der Waals surface area (Å²) in [7, 11) is 0. The molecule has 2 aliphatic rings. The van der Waals surface area contributed by atoms with Crippen LogP contribution < -0.4 is 0 Å². The van der Waals surface area contributed by atoms with Gasteiger partial charge in [-0.1, -0.05) is 19.9 Å². The van der Waals surface area contributed by atoms with E-state index in [0.29, 0.717) is 29.0 Å². The molecule has 0 amide bonds. The van der Waals surface area contributed by atoms with Crippen molar-refractivity contribution in [2.24, 2.45) is 23.2 Å². The molecule has 2 rings (SSSR count). The van der Waals surface area contributed by atoms with E-state index >= 15 is 0 Å². The number of carbonyl (C=O) groups is 1. The predicted molar refractivity (Wildman–Crippen MR) is 48.7 cm³/mol. The second kappa shape index (κ2) is 2.21. The number of hydrogen-bond donors (Lipinski definition) is 0. The van der Waals surface area contributed by atoms with Crippen molar-refractivity contribution in [1.82, 2.24) is 0 Å². The monoisotopic (exact) mass is 164 g/mol. The van der Waals surface area contributed by atoms with Crippen LogP contribution in [0, 0.1) is 23.2 Å². The Morgan fingerprint density at radius 3 is 2.75 bits per heavy atom. The predicted octanol–water partition coefficient (Wildman–Crippen LogP) is 2.42. The van der Waals surface area contributed by atoms with Gasteiger partial charge in [-0.3, -0.25) is 4.79 Å². The number of carbonyl (C=O) groups excluding carboxylic acids is 1. The van der Waals surface area contributed by atoms with E-state index in [0.717, 1.165) is 12.8 Å². The summed E-state index contributed by atoms with van der Waals surface area (Å²) in [5.74, 6) is 1.90. The van der Waals surface area contributed by atoms with Gasteiger partial charge in [0.05, 0.1) is 0 Å². The van der Waals surface area contributed by atoms with Crippen molar-refractivity contribution in [3.05, 3.63) is 12.7 Å². The van der Waals surface area contributed by atoms with Crippen LogP contribution in [0.1, 0.15) is 26.7 Å². The second-order valence-corrected chi connectivity index (χ2v) is 4.76. The SMILES string of the molecule is C=CC[C@H]1C[C@@H]2[C@H](C1=O)C2(C)C. The Balaban J connectivity index is 2.06. The number of fused-ring (bicyclic) bond motifs is 1. The lowest BCUT2D eigenvalue weighted by Gasteiger charge is -2.13. The first-order valence-corrected chi connectivity index (χ1v) is 4.73. The highest BCUT2D eigenvalue weighted by Crippen LogP contribution is 2.66. The van der Waals surface area contributed by atoms with E-state index < -0.39 is 0 Å². The Hall–Kier alpha value is -0.590. The van der Waals surface area contributed by atoms with Crippen molar-refractivity contribution in [2.45, 2.75) is 26.7 Å². The molecule has 3 atom stereocenters. The number of Topliss-reactive ketones (excluding diaryl/α,β-unsaturated/α-hetero) is 1. The van der Waals surface area contributed by atoms with Gasteiger partial charge in [0.15, 0.2) is 0 Å². The maximum atomic E-state index is 11.7. The Morgan fingerprint density at radius 1 is 1.67 bits per heavy atom. The third kappa shape index (κ3) is 0.825. The minimum Gasteiger partial charge on any atom is -0.299 e. The molecule has 0 aromatic carbocycles. The first-order valence-electron chi connectivity index (χ1n) is 4.73. The van der Waals surface area contributed by atoms with E-state index in [-0.39, 0.29) is 0 Å². The molecule has 1 heteroatoms. The minimum atomic E-state index is 0.311. The van der Waals surface area contributed by atoms with E-state index in [1.165, 1.54) is 0 Å². The molecule has 2 saturated carbocycles. The molecule has 0 bridgehead atoms. The molecule has 2 fully saturated rings. The van der Waals surface area contributed by atoms with E-state index in [1.807, 2.05) is 6.08 Å². The van der Waals surface area contributed by atoms with Crippen LogP contribution in [-0.2, 0) is 4.79 Å². The fourth-order valence-corrected chi connectivity index (χ4v) is 2.84. The van der Waals surface area contributed by atoms with Crippen LogP contribution in [0.25, 0.3) is 0 Å². The smallest absolute Gasteiger partial charge is 0.140 e. The molecule has 0 aromatic rings. The van der Waals surface area contributed by atoms with Gasteiger partial charge < -0.3 is 0 Å². The van der Waals surface area contributed by atoms with Gasteiger partial charge in [0.1, 0.15) is 5.78 Å². The number of rotatable bonds is 2. The number of hydrogen-bond acceptors (Lipinski definition) is 1. The van der Waals surface area contributed by atoms with Gasteiger partial charge in [0.25, 0.3) is 0 Å². The van der Waals surface area contributed by atoms with E-state index in [4.69, 9.17) is 0 Å². The third-order valence-corrected chi connectivity index (χ3v) is 3.75. The van der Waals surface area contributed by atoms with Crippen molar-refractivity contribution in [3.63, 3.8) is 0 Å². The Morgan fingerprint density at radius 2 is 2.33 bits per heavy atom. The van der Waals surface area contributed by atoms with Gasteiger partial charge >= 0.3 is 0 Å². The molecule has 0 spiro atoms. The number of ketones is 1. The lowest BCUT2D eigenvalue weighted by atomic mass is 9.90. The summed E-state index contributed by atoms with van der Waals surface area (Å²) in [4.78, 5) is 11.7. The van der Waals surface area contributed by atoms with Crippen molar-refractivity contribution in [3.8, 4) is 0 Å². The molecule has 66 valence electrons. The molecule has 0 unspecified atom stereocenters. The summed E-state index contributed by atoms with van der Waals surface area (Å²) >= 11 is 0. The highest BCUT2D eigenvalue weighted by Gasteiger charge is 2.66. The van der Waals surface area contributed by atoms with E-state index in [2.05, 4.69) is 20.4 Å². The van der Waals surface area contributed by atoms with E-state index in [9.17, 15) is 4.79 Å². The van der Waals surface area contributed by atoms with Crippen LogP contribution in [0.3, 0.4) is 0 Å². The Bertz CT molecular complexity index is 239. The molecule has 0 heterocycles. The van der Waals surface area contributed by atoms with Crippen LogP contribution >= 0.6 is 0 Å². The quantitative estimate of drug-likeness (QED) is 0.573. The molecule has 0 aromatic heterocycles. The second-order valence-electron chi connectivity index (χ2n) is 4.76. The molecule has 0 aliphatic heterocycles. The first kappa shape index (κ1) is 8.03. The van der Waals surface area contributed by atoms with Crippen LogP contribution in [0.15, 0.2) is 12.7 Å². The summed E-state index contributed by atoms with van der Waals surface area (Å²) < 4.78 is 0. The fourth-order valence-electron chi connectivity index (χ4n) is 2.84. The van der Waals surface area contributed by atoms with Gasteiger partial charge in [-0.2, -0.15) is 0 Å². The van der Waals surface area contributed by atoms with Gasteiger partial charge in [-0.15, -0.1) is 6.58 Å². The molecular formula is C11H16O. The van der Waals surface area contributed by atoms with Crippen LogP contribution in [0.4, 0.5) is 0 Å². The highest BCUT2D eigenvalue weighted by molar-refractivity contribution is 5.90. The van der Waals surface area contributed by atoms with Gasteiger partial charge in [0, 0.05) is 11.8 Å². The molecule has 2 aliphatic carbocycles. The molecule has 0 radical (unpaired) electrons. The number of allylic oxidation sites excluding steroid dienone is 1. The zero-order valence-electron chi connectivity index (χ0n) is 7.84. The summed E-state index contributed by atoms with van der Waals surface area (Å²) in [6, 6.07) is 0. The van der Waals surface area contributed by atoms with Gasteiger partial charge in [-0.25, -0.2) is 0 Å². The molecule has 12 heavy (non-hydrogen) atoms. The zero-order valence-corrected chi connectivity index (χ0v) is 7.84. The Labute approximate surface area is 73.8 Å².